The maximum absolute atomic E-state index is 13.0. The largest absolute Gasteiger partial charge is 0.481 e. The number of hydrogen-bond acceptors (Lipinski definition) is 5. The molecule has 0 radical (unpaired) electrons. The standard InChI is InChI=1S/C31H31NO6/c1-36-21-37-20-27(18-26(31(34)35)12-7-10-22-8-3-2-4-9-22)32-30(33)24-16-14-23(15-17-24)29-19-25-11-5-6-13-28(25)38-29/h2-11,13-17,19,26-27H,12,18,20-21H2,1H3,(H,32,33)(H,34,35). The van der Waals surface area contributed by atoms with Crippen molar-refractivity contribution in [2.45, 2.75) is 18.9 Å². The predicted octanol–water partition coefficient (Wildman–Crippen LogP) is 6.01. The minimum atomic E-state index is -0.927. The second kappa shape index (κ2) is 13.4. The van der Waals surface area contributed by atoms with Crippen molar-refractivity contribution in [1.29, 1.82) is 0 Å². The van der Waals surface area contributed by atoms with Crippen molar-refractivity contribution in [3.63, 3.8) is 0 Å². The molecule has 0 fully saturated rings. The van der Waals surface area contributed by atoms with E-state index in [1.807, 2.05) is 84.9 Å². The Labute approximate surface area is 221 Å². The number of fused-ring (bicyclic) bond motifs is 1. The Hall–Kier alpha value is -4.20. The van der Waals surface area contributed by atoms with Gasteiger partial charge in [0, 0.05) is 23.6 Å². The maximum atomic E-state index is 13.0. The summed E-state index contributed by atoms with van der Waals surface area (Å²) in [5, 5.41) is 13.8. The van der Waals surface area contributed by atoms with Crippen molar-refractivity contribution in [2.75, 3.05) is 20.5 Å². The molecule has 0 spiro atoms. The van der Waals surface area contributed by atoms with Crippen LogP contribution in [0.4, 0.5) is 0 Å². The van der Waals surface area contributed by atoms with Crippen molar-refractivity contribution in [1.82, 2.24) is 5.32 Å². The highest BCUT2D eigenvalue weighted by atomic mass is 16.7. The highest BCUT2D eigenvalue weighted by molar-refractivity contribution is 5.95. The molecular formula is C31H31NO6. The zero-order valence-electron chi connectivity index (χ0n) is 21.2. The zero-order chi connectivity index (χ0) is 26.7. The summed E-state index contributed by atoms with van der Waals surface area (Å²) in [6, 6.07) is 26.0. The molecule has 0 aliphatic rings. The van der Waals surface area contributed by atoms with E-state index in [1.165, 1.54) is 7.11 Å². The second-order valence-electron chi connectivity index (χ2n) is 8.99. The molecule has 3 aromatic carbocycles. The normalized spacial score (nSPS) is 13.0. The van der Waals surface area contributed by atoms with Gasteiger partial charge in [-0.25, -0.2) is 0 Å². The van der Waals surface area contributed by atoms with E-state index in [1.54, 1.807) is 12.1 Å². The number of rotatable bonds is 13. The van der Waals surface area contributed by atoms with E-state index in [4.69, 9.17) is 13.9 Å². The molecule has 2 N–H and O–H groups in total. The third-order valence-corrected chi connectivity index (χ3v) is 6.16. The van der Waals surface area contributed by atoms with E-state index < -0.39 is 17.9 Å². The van der Waals surface area contributed by atoms with Crippen molar-refractivity contribution >= 4 is 28.9 Å². The van der Waals surface area contributed by atoms with Crippen LogP contribution in [0.1, 0.15) is 28.8 Å². The number of methoxy groups -OCH3 is 1. The van der Waals surface area contributed by atoms with Gasteiger partial charge in [0.05, 0.1) is 18.6 Å². The van der Waals surface area contributed by atoms with Gasteiger partial charge >= 0.3 is 5.97 Å². The average Bonchev–Trinajstić information content (AvgIpc) is 3.37. The van der Waals surface area contributed by atoms with E-state index in [-0.39, 0.29) is 25.7 Å². The van der Waals surface area contributed by atoms with Gasteiger partial charge in [-0.05, 0) is 42.7 Å². The second-order valence-corrected chi connectivity index (χ2v) is 8.99. The highest BCUT2D eigenvalue weighted by Crippen LogP contribution is 2.28. The molecule has 7 nitrogen and oxygen atoms in total. The summed E-state index contributed by atoms with van der Waals surface area (Å²) in [6.45, 7) is 0.174. The van der Waals surface area contributed by atoms with Crippen molar-refractivity contribution in [3.8, 4) is 11.3 Å². The minimum absolute atomic E-state index is 0.0458. The number of aliphatic carboxylic acids is 1. The third-order valence-electron chi connectivity index (χ3n) is 6.16. The van der Waals surface area contributed by atoms with Crippen LogP contribution in [-0.4, -0.2) is 43.5 Å². The lowest BCUT2D eigenvalue weighted by Crippen LogP contribution is -2.40. The minimum Gasteiger partial charge on any atom is -0.481 e. The number of furan rings is 1. The van der Waals surface area contributed by atoms with Crippen LogP contribution in [0.15, 0.2) is 95.4 Å². The van der Waals surface area contributed by atoms with Crippen LogP contribution in [-0.2, 0) is 14.3 Å². The van der Waals surface area contributed by atoms with E-state index in [9.17, 15) is 14.7 Å². The van der Waals surface area contributed by atoms with Gasteiger partial charge in [-0.2, -0.15) is 0 Å². The van der Waals surface area contributed by atoms with Crippen molar-refractivity contribution < 1.29 is 28.6 Å². The fraction of sp³-hybridized carbons (Fsp3) is 0.226. The van der Waals surface area contributed by atoms with Gasteiger partial charge in [0.25, 0.3) is 5.91 Å². The first-order valence-electron chi connectivity index (χ1n) is 12.4. The first kappa shape index (κ1) is 26.9. The summed E-state index contributed by atoms with van der Waals surface area (Å²) < 4.78 is 16.3. The SMILES string of the molecule is COCOCC(CC(CC=Cc1ccccc1)C(=O)O)NC(=O)c1ccc(-c2cc3ccccc3o2)cc1. The number of ether oxygens (including phenoxy) is 2. The molecule has 0 aliphatic heterocycles. The molecule has 1 aromatic heterocycles. The third kappa shape index (κ3) is 7.41. The van der Waals surface area contributed by atoms with Gasteiger partial charge in [0.15, 0.2) is 0 Å². The van der Waals surface area contributed by atoms with Crippen molar-refractivity contribution in [2.24, 2.45) is 5.92 Å². The number of nitrogens with one attached hydrogen (secondary N) is 1. The molecule has 2 unspecified atom stereocenters. The lowest BCUT2D eigenvalue weighted by Gasteiger charge is -2.22. The number of carbonyl (C=O) groups excluding carboxylic acids is 1. The Morgan fingerprint density at radius 1 is 1.00 bits per heavy atom. The highest BCUT2D eigenvalue weighted by Gasteiger charge is 2.24. The van der Waals surface area contributed by atoms with Crippen LogP contribution < -0.4 is 5.32 Å². The topological polar surface area (TPSA) is 98.0 Å². The Morgan fingerprint density at radius 2 is 1.74 bits per heavy atom. The predicted molar refractivity (Wildman–Crippen MR) is 147 cm³/mol. The van der Waals surface area contributed by atoms with Gasteiger partial charge in [-0.1, -0.05) is 72.8 Å². The molecule has 0 saturated heterocycles. The molecule has 1 heterocycles. The summed E-state index contributed by atoms with van der Waals surface area (Å²) in [6.07, 6.45) is 4.28. The summed E-state index contributed by atoms with van der Waals surface area (Å²) in [5.74, 6) is -1.21. The van der Waals surface area contributed by atoms with Crippen LogP contribution >= 0.6 is 0 Å². The van der Waals surface area contributed by atoms with E-state index in [0.29, 0.717) is 12.0 Å². The summed E-state index contributed by atoms with van der Waals surface area (Å²) in [5.41, 5.74) is 3.11. The smallest absolute Gasteiger partial charge is 0.306 e. The molecule has 4 rings (SSSR count). The number of allylic oxidation sites excluding steroid dienone is 1. The fourth-order valence-corrected chi connectivity index (χ4v) is 4.19. The Kier molecular flexibility index (Phi) is 9.45. The molecule has 4 aromatic rings. The molecule has 0 saturated carbocycles. The first-order chi connectivity index (χ1) is 18.5. The van der Waals surface area contributed by atoms with E-state index in [0.717, 1.165) is 27.9 Å². The maximum Gasteiger partial charge on any atom is 0.306 e. The molecule has 38 heavy (non-hydrogen) atoms. The molecule has 1 amide bonds. The average molecular weight is 514 g/mol. The fourth-order valence-electron chi connectivity index (χ4n) is 4.19. The van der Waals surface area contributed by atoms with Crippen LogP contribution in [0, 0.1) is 5.92 Å². The van der Waals surface area contributed by atoms with E-state index in [2.05, 4.69) is 5.32 Å². The first-order valence-corrected chi connectivity index (χ1v) is 12.4. The number of carbonyl (C=O) groups is 2. The molecule has 0 aliphatic carbocycles. The number of amides is 1. The molecule has 0 bridgehead atoms. The summed E-state index contributed by atoms with van der Waals surface area (Å²) >= 11 is 0. The van der Waals surface area contributed by atoms with Crippen LogP contribution in [0.2, 0.25) is 0 Å². The van der Waals surface area contributed by atoms with Gasteiger partial charge in [-0.15, -0.1) is 0 Å². The molecule has 7 heteroatoms. The monoisotopic (exact) mass is 513 g/mol. The Bertz CT molecular complexity index is 1330. The van der Waals surface area contributed by atoms with Gasteiger partial charge in [0.1, 0.15) is 18.1 Å². The van der Waals surface area contributed by atoms with Crippen LogP contribution in [0.5, 0.6) is 0 Å². The number of carboxylic acid groups (broad SMARTS) is 1. The zero-order valence-corrected chi connectivity index (χ0v) is 21.2. The molecule has 2 atom stereocenters. The van der Waals surface area contributed by atoms with Crippen LogP contribution in [0.3, 0.4) is 0 Å². The van der Waals surface area contributed by atoms with Gasteiger partial charge in [-0.3, -0.25) is 9.59 Å². The summed E-state index contributed by atoms with van der Waals surface area (Å²) in [4.78, 5) is 25.0. The van der Waals surface area contributed by atoms with Crippen molar-refractivity contribution in [3.05, 3.63) is 102 Å². The lowest BCUT2D eigenvalue weighted by molar-refractivity contribution is -0.142. The number of benzene rings is 3. The Morgan fingerprint density at radius 3 is 2.45 bits per heavy atom. The number of hydrogen-bond donors (Lipinski definition) is 2. The van der Waals surface area contributed by atoms with Gasteiger partial charge < -0.3 is 24.3 Å². The molecule has 196 valence electrons. The number of para-hydroxylation sites is 1. The Balaban J connectivity index is 1.42. The van der Waals surface area contributed by atoms with Crippen LogP contribution in [0.25, 0.3) is 28.4 Å². The molecular weight excluding hydrogens is 482 g/mol. The summed E-state index contributed by atoms with van der Waals surface area (Å²) in [7, 11) is 1.51. The quantitative estimate of drug-likeness (QED) is 0.168. The number of carboxylic acids is 1. The lowest BCUT2D eigenvalue weighted by atomic mass is 9.96. The van der Waals surface area contributed by atoms with E-state index >= 15 is 0 Å². The van der Waals surface area contributed by atoms with Gasteiger partial charge in [0.2, 0.25) is 0 Å².